The van der Waals surface area contributed by atoms with Crippen LogP contribution >= 0.6 is 0 Å². The Morgan fingerprint density at radius 3 is 2.81 bits per heavy atom. The molecule has 0 saturated carbocycles. The van der Waals surface area contributed by atoms with Crippen LogP contribution in [-0.2, 0) is 6.54 Å². The Morgan fingerprint density at radius 2 is 2.07 bits per heavy atom. The number of benzene rings is 1. The van der Waals surface area contributed by atoms with Crippen molar-refractivity contribution in [2.75, 3.05) is 12.4 Å². The monoisotopic (exact) mass is 367 g/mol. The molecule has 0 radical (unpaired) electrons. The summed E-state index contributed by atoms with van der Waals surface area (Å²) in [5.74, 6) is 1.62. The largest absolute Gasteiger partial charge is 0.496 e. The lowest BCUT2D eigenvalue weighted by Crippen LogP contribution is -2.07. The molecular weight excluding hydrogens is 349 g/mol. The second-order valence-corrected chi connectivity index (χ2v) is 6.13. The zero-order valence-electron chi connectivity index (χ0n) is 15.2. The molecule has 0 amide bonds. The summed E-state index contributed by atoms with van der Waals surface area (Å²) in [6.07, 6.45) is 1.61. The van der Waals surface area contributed by atoms with Gasteiger partial charge in [0.2, 0.25) is 0 Å². The van der Waals surface area contributed by atoms with E-state index in [0.29, 0.717) is 22.7 Å². The van der Waals surface area contributed by atoms with Crippen molar-refractivity contribution >= 4 is 11.5 Å². The van der Waals surface area contributed by atoms with Crippen molar-refractivity contribution in [2.24, 2.45) is 0 Å². The standard InChI is InChI=1S/C19H18FN5O2/c1-11-18(12(2)27-24-11)13-7-8-17(25-10-22-23-19(13)25)21-9-14-15(20)5-4-6-16(14)26-3/h4-8,10,21H,9H2,1-3H3. The predicted octanol–water partition coefficient (Wildman–Crippen LogP) is 3.76. The molecule has 3 aromatic heterocycles. The van der Waals surface area contributed by atoms with E-state index in [4.69, 9.17) is 9.26 Å². The molecule has 4 rings (SSSR count). The van der Waals surface area contributed by atoms with E-state index in [1.807, 2.05) is 30.4 Å². The zero-order valence-corrected chi connectivity index (χ0v) is 15.2. The zero-order chi connectivity index (χ0) is 19.0. The summed E-state index contributed by atoms with van der Waals surface area (Å²) in [5.41, 5.74) is 3.67. The molecule has 0 aliphatic rings. The second kappa shape index (κ2) is 6.71. The minimum atomic E-state index is -0.325. The van der Waals surface area contributed by atoms with Gasteiger partial charge in [-0.25, -0.2) is 4.39 Å². The maximum absolute atomic E-state index is 14.2. The summed E-state index contributed by atoms with van der Waals surface area (Å²) in [6.45, 7) is 4.00. The summed E-state index contributed by atoms with van der Waals surface area (Å²) in [4.78, 5) is 0. The molecule has 0 fully saturated rings. The lowest BCUT2D eigenvalue weighted by Gasteiger charge is -2.13. The van der Waals surface area contributed by atoms with Gasteiger partial charge in [0, 0.05) is 17.7 Å². The van der Waals surface area contributed by atoms with Gasteiger partial charge in [-0.05, 0) is 38.1 Å². The van der Waals surface area contributed by atoms with Gasteiger partial charge in [0.25, 0.3) is 0 Å². The van der Waals surface area contributed by atoms with Crippen LogP contribution in [0.4, 0.5) is 10.2 Å². The van der Waals surface area contributed by atoms with Gasteiger partial charge in [0.1, 0.15) is 29.5 Å². The van der Waals surface area contributed by atoms with Crippen molar-refractivity contribution in [3.05, 3.63) is 59.5 Å². The fraction of sp³-hybridized carbons (Fsp3) is 0.211. The summed E-state index contributed by atoms with van der Waals surface area (Å²) in [5, 5.41) is 15.5. The number of rotatable bonds is 5. The number of ether oxygens (including phenoxy) is 1. The number of halogens is 1. The molecule has 27 heavy (non-hydrogen) atoms. The molecular formula is C19H18FN5O2. The number of anilines is 1. The Hall–Kier alpha value is -3.42. The third-order valence-corrected chi connectivity index (χ3v) is 4.50. The Morgan fingerprint density at radius 1 is 1.22 bits per heavy atom. The summed E-state index contributed by atoms with van der Waals surface area (Å²) in [6, 6.07) is 8.58. The predicted molar refractivity (Wildman–Crippen MR) is 98.2 cm³/mol. The van der Waals surface area contributed by atoms with Crippen LogP contribution in [-0.4, -0.2) is 26.9 Å². The van der Waals surface area contributed by atoms with E-state index in [1.165, 1.54) is 13.2 Å². The number of hydrogen-bond donors (Lipinski definition) is 1. The number of pyridine rings is 1. The fourth-order valence-electron chi connectivity index (χ4n) is 3.20. The van der Waals surface area contributed by atoms with Crippen LogP contribution in [0.1, 0.15) is 17.0 Å². The maximum atomic E-state index is 14.2. The first-order valence-electron chi connectivity index (χ1n) is 8.41. The highest BCUT2D eigenvalue weighted by molar-refractivity contribution is 5.81. The summed E-state index contributed by atoms with van der Waals surface area (Å²) >= 11 is 0. The normalized spacial score (nSPS) is 11.1. The van der Waals surface area contributed by atoms with Gasteiger partial charge in [-0.2, -0.15) is 0 Å². The molecule has 138 valence electrons. The summed E-state index contributed by atoms with van der Waals surface area (Å²) in [7, 11) is 1.52. The third kappa shape index (κ3) is 2.88. The van der Waals surface area contributed by atoms with E-state index in [-0.39, 0.29) is 12.4 Å². The van der Waals surface area contributed by atoms with Gasteiger partial charge in [-0.15, -0.1) is 10.2 Å². The van der Waals surface area contributed by atoms with Crippen molar-refractivity contribution in [3.63, 3.8) is 0 Å². The molecule has 0 spiro atoms. The van der Waals surface area contributed by atoms with E-state index in [1.54, 1.807) is 18.5 Å². The van der Waals surface area contributed by atoms with Crippen molar-refractivity contribution < 1.29 is 13.7 Å². The van der Waals surface area contributed by atoms with Gasteiger partial charge < -0.3 is 14.6 Å². The van der Waals surface area contributed by atoms with E-state index in [9.17, 15) is 4.39 Å². The number of methoxy groups -OCH3 is 1. The number of fused-ring (bicyclic) bond motifs is 1. The van der Waals surface area contributed by atoms with Gasteiger partial charge in [0.15, 0.2) is 5.65 Å². The first-order chi connectivity index (χ1) is 13.1. The molecule has 1 N–H and O–H groups in total. The number of nitrogens with zero attached hydrogens (tertiary/aromatic N) is 4. The molecule has 8 heteroatoms. The second-order valence-electron chi connectivity index (χ2n) is 6.13. The SMILES string of the molecule is COc1cccc(F)c1CNc1ccc(-c2c(C)noc2C)c2nncn12. The van der Waals surface area contributed by atoms with E-state index in [0.717, 1.165) is 22.6 Å². The average Bonchev–Trinajstić information content (AvgIpc) is 3.28. The molecule has 0 unspecified atom stereocenters. The minimum Gasteiger partial charge on any atom is -0.496 e. The molecule has 7 nitrogen and oxygen atoms in total. The van der Waals surface area contributed by atoms with Crippen LogP contribution in [0.15, 0.2) is 41.2 Å². The van der Waals surface area contributed by atoms with Crippen molar-refractivity contribution in [1.29, 1.82) is 0 Å². The summed E-state index contributed by atoms with van der Waals surface area (Å²) < 4.78 is 26.5. The number of hydrogen-bond acceptors (Lipinski definition) is 6. The first-order valence-corrected chi connectivity index (χ1v) is 8.41. The molecule has 4 aromatic rings. The average molecular weight is 367 g/mol. The maximum Gasteiger partial charge on any atom is 0.170 e. The van der Waals surface area contributed by atoms with Crippen LogP contribution in [0.5, 0.6) is 5.75 Å². The van der Waals surface area contributed by atoms with Crippen LogP contribution in [0.3, 0.4) is 0 Å². The molecule has 0 atom stereocenters. The Kier molecular flexibility index (Phi) is 4.23. The minimum absolute atomic E-state index is 0.258. The van der Waals surface area contributed by atoms with Crippen LogP contribution < -0.4 is 10.1 Å². The molecule has 1 aromatic carbocycles. The van der Waals surface area contributed by atoms with E-state index < -0.39 is 0 Å². The van der Waals surface area contributed by atoms with E-state index in [2.05, 4.69) is 20.7 Å². The topological polar surface area (TPSA) is 77.5 Å². The van der Waals surface area contributed by atoms with Gasteiger partial charge >= 0.3 is 0 Å². The lowest BCUT2D eigenvalue weighted by atomic mass is 10.1. The molecule has 3 heterocycles. The molecule has 0 saturated heterocycles. The smallest absolute Gasteiger partial charge is 0.170 e. The van der Waals surface area contributed by atoms with Gasteiger partial charge in [-0.3, -0.25) is 4.40 Å². The Bertz CT molecular complexity index is 1100. The molecule has 0 bridgehead atoms. The van der Waals surface area contributed by atoms with Crippen molar-refractivity contribution in [3.8, 4) is 16.9 Å². The highest BCUT2D eigenvalue weighted by atomic mass is 19.1. The fourth-order valence-corrected chi connectivity index (χ4v) is 3.20. The quantitative estimate of drug-likeness (QED) is 0.579. The van der Waals surface area contributed by atoms with Crippen LogP contribution in [0, 0.1) is 19.7 Å². The number of aryl methyl sites for hydroxylation is 2. The molecule has 0 aliphatic carbocycles. The number of aromatic nitrogens is 4. The van der Waals surface area contributed by atoms with Crippen LogP contribution in [0.25, 0.3) is 16.8 Å². The van der Waals surface area contributed by atoms with Crippen molar-refractivity contribution in [1.82, 2.24) is 19.8 Å². The van der Waals surface area contributed by atoms with Gasteiger partial charge in [0.05, 0.1) is 18.4 Å². The molecule has 0 aliphatic heterocycles. The van der Waals surface area contributed by atoms with Crippen molar-refractivity contribution in [2.45, 2.75) is 20.4 Å². The Labute approximate surface area is 154 Å². The highest BCUT2D eigenvalue weighted by Crippen LogP contribution is 2.31. The highest BCUT2D eigenvalue weighted by Gasteiger charge is 2.17. The van der Waals surface area contributed by atoms with Crippen LogP contribution in [0.2, 0.25) is 0 Å². The first kappa shape index (κ1) is 17.0. The van der Waals surface area contributed by atoms with Gasteiger partial charge in [-0.1, -0.05) is 11.2 Å². The van der Waals surface area contributed by atoms with E-state index >= 15 is 0 Å². The Balaban J connectivity index is 1.71. The lowest BCUT2D eigenvalue weighted by molar-refractivity contribution is 0.393. The number of nitrogens with one attached hydrogen (secondary N) is 1. The third-order valence-electron chi connectivity index (χ3n) is 4.50.